The van der Waals surface area contributed by atoms with Crippen molar-refractivity contribution in [2.75, 3.05) is 12.3 Å². The first-order chi connectivity index (χ1) is 12.8. The Morgan fingerprint density at radius 2 is 1.81 bits per heavy atom. The fraction of sp³-hybridized carbons (Fsp3) is 0.316. The molecule has 0 bridgehead atoms. The number of halogens is 2. The van der Waals surface area contributed by atoms with Gasteiger partial charge < -0.3 is 10.1 Å². The van der Waals surface area contributed by atoms with E-state index in [4.69, 9.17) is 4.74 Å². The van der Waals surface area contributed by atoms with Gasteiger partial charge in [0.1, 0.15) is 5.75 Å². The van der Waals surface area contributed by atoms with Crippen molar-refractivity contribution in [1.29, 1.82) is 0 Å². The lowest BCUT2D eigenvalue weighted by Crippen LogP contribution is -2.37. The highest BCUT2D eigenvalue weighted by Gasteiger charge is 2.16. The van der Waals surface area contributed by atoms with E-state index in [1.165, 1.54) is 13.0 Å². The van der Waals surface area contributed by atoms with Gasteiger partial charge in [-0.1, -0.05) is 30.3 Å². The van der Waals surface area contributed by atoms with E-state index in [9.17, 15) is 22.0 Å². The number of amides is 1. The van der Waals surface area contributed by atoms with Gasteiger partial charge in [0.15, 0.2) is 27.6 Å². The summed E-state index contributed by atoms with van der Waals surface area (Å²) in [4.78, 5) is 12.0. The van der Waals surface area contributed by atoms with Crippen LogP contribution in [0.3, 0.4) is 0 Å². The summed E-state index contributed by atoms with van der Waals surface area (Å²) in [7, 11) is -3.27. The monoisotopic (exact) mass is 397 g/mol. The Bertz CT molecular complexity index is 873. The van der Waals surface area contributed by atoms with Gasteiger partial charge in [0.25, 0.3) is 5.91 Å². The van der Waals surface area contributed by atoms with Crippen LogP contribution in [0.5, 0.6) is 5.75 Å². The molecule has 1 atom stereocenters. The number of benzene rings is 2. The highest BCUT2D eigenvalue weighted by Crippen LogP contribution is 2.16. The highest BCUT2D eigenvalue weighted by atomic mass is 32.2. The minimum Gasteiger partial charge on any atom is -0.481 e. The summed E-state index contributed by atoms with van der Waals surface area (Å²) in [5.41, 5.74) is 0.718. The average molecular weight is 397 g/mol. The molecular formula is C19H21F2NO4S. The van der Waals surface area contributed by atoms with E-state index in [2.05, 4.69) is 5.32 Å². The second-order valence-electron chi connectivity index (χ2n) is 6.06. The fourth-order valence-corrected chi connectivity index (χ4v) is 3.78. The minimum absolute atomic E-state index is 0.0296. The average Bonchev–Trinajstić information content (AvgIpc) is 2.62. The predicted molar refractivity (Wildman–Crippen MR) is 98.0 cm³/mol. The van der Waals surface area contributed by atoms with Gasteiger partial charge in [0.05, 0.1) is 11.5 Å². The summed E-state index contributed by atoms with van der Waals surface area (Å²) in [6.45, 7) is 1.63. The molecule has 1 unspecified atom stereocenters. The highest BCUT2D eigenvalue weighted by molar-refractivity contribution is 7.90. The number of rotatable bonds is 9. The summed E-state index contributed by atoms with van der Waals surface area (Å²) in [6, 6.07) is 11.8. The molecule has 0 heterocycles. The molecule has 0 saturated carbocycles. The van der Waals surface area contributed by atoms with Crippen molar-refractivity contribution in [3.8, 4) is 5.75 Å². The fourth-order valence-electron chi connectivity index (χ4n) is 2.36. The van der Waals surface area contributed by atoms with Crippen LogP contribution in [0.25, 0.3) is 0 Å². The van der Waals surface area contributed by atoms with Gasteiger partial charge in [-0.3, -0.25) is 4.79 Å². The number of ether oxygens (including phenoxy) is 1. The summed E-state index contributed by atoms with van der Waals surface area (Å²) >= 11 is 0. The van der Waals surface area contributed by atoms with E-state index in [-0.39, 0.29) is 30.2 Å². The number of sulfone groups is 1. The first kappa shape index (κ1) is 20.8. The molecule has 2 rings (SSSR count). The lowest BCUT2D eigenvalue weighted by atomic mass is 10.2. The molecule has 5 nitrogen and oxygen atoms in total. The predicted octanol–water partition coefficient (Wildman–Crippen LogP) is 2.85. The molecule has 0 spiro atoms. The quantitative estimate of drug-likeness (QED) is 0.661. The van der Waals surface area contributed by atoms with Crippen LogP contribution in [-0.2, 0) is 20.4 Å². The molecule has 0 saturated heterocycles. The van der Waals surface area contributed by atoms with Gasteiger partial charge in [-0.15, -0.1) is 0 Å². The van der Waals surface area contributed by atoms with Gasteiger partial charge in [-0.2, -0.15) is 0 Å². The number of carbonyl (C=O) groups is 1. The van der Waals surface area contributed by atoms with Gasteiger partial charge in [0, 0.05) is 12.6 Å². The number of nitrogens with one attached hydrogen (secondary N) is 1. The lowest BCUT2D eigenvalue weighted by molar-refractivity contribution is -0.127. The van der Waals surface area contributed by atoms with Crippen molar-refractivity contribution >= 4 is 15.7 Å². The molecular weight excluding hydrogens is 376 g/mol. The molecule has 0 aliphatic heterocycles. The van der Waals surface area contributed by atoms with Gasteiger partial charge in [-0.05, 0) is 31.0 Å². The molecule has 0 fully saturated rings. The first-order valence-corrected chi connectivity index (χ1v) is 10.2. The van der Waals surface area contributed by atoms with E-state index in [1.807, 2.05) is 6.07 Å². The van der Waals surface area contributed by atoms with E-state index in [0.29, 0.717) is 0 Å². The zero-order valence-electron chi connectivity index (χ0n) is 14.8. The van der Waals surface area contributed by atoms with Crippen molar-refractivity contribution in [1.82, 2.24) is 5.32 Å². The third-order valence-corrected chi connectivity index (χ3v) is 5.42. The van der Waals surface area contributed by atoms with E-state index in [0.717, 1.165) is 17.7 Å². The topological polar surface area (TPSA) is 72.5 Å². The summed E-state index contributed by atoms with van der Waals surface area (Å²) in [6.07, 6.45) is -0.672. The molecule has 2 aromatic rings. The van der Waals surface area contributed by atoms with Crippen molar-refractivity contribution < 1.29 is 26.7 Å². The van der Waals surface area contributed by atoms with Gasteiger partial charge >= 0.3 is 0 Å². The molecule has 8 heteroatoms. The van der Waals surface area contributed by atoms with Crippen LogP contribution in [0, 0.1) is 11.6 Å². The van der Waals surface area contributed by atoms with Crippen LogP contribution in [0.1, 0.15) is 18.9 Å². The second-order valence-corrected chi connectivity index (χ2v) is 8.24. The summed E-state index contributed by atoms with van der Waals surface area (Å²) in [5, 5.41) is 2.57. The first-order valence-electron chi connectivity index (χ1n) is 8.40. The molecule has 2 aromatic carbocycles. The number of hydrogen-bond acceptors (Lipinski definition) is 4. The second kappa shape index (κ2) is 9.45. The standard InChI is InChI=1S/C19H21F2NO4S/c1-14(26-16-8-9-17(20)18(21)12-16)19(23)22-10-5-11-27(24,25)13-15-6-3-2-4-7-15/h2-4,6-9,12,14H,5,10-11,13H2,1H3,(H,22,23). The maximum absolute atomic E-state index is 13.1. The van der Waals surface area contributed by atoms with Crippen molar-refractivity contribution in [3.63, 3.8) is 0 Å². The Morgan fingerprint density at radius 3 is 2.48 bits per heavy atom. The molecule has 1 amide bonds. The van der Waals surface area contributed by atoms with Crippen LogP contribution in [-0.4, -0.2) is 32.7 Å². The Balaban J connectivity index is 1.74. The third-order valence-electron chi connectivity index (χ3n) is 3.73. The normalized spacial score (nSPS) is 12.4. The SMILES string of the molecule is CC(Oc1ccc(F)c(F)c1)C(=O)NCCCS(=O)(=O)Cc1ccccc1. The number of hydrogen-bond donors (Lipinski definition) is 1. The van der Waals surface area contributed by atoms with E-state index < -0.39 is 33.5 Å². The van der Waals surface area contributed by atoms with Gasteiger partial charge in [-0.25, -0.2) is 17.2 Å². The Labute approximate surface area is 157 Å². The van der Waals surface area contributed by atoms with Gasteiger partial charge in [0.2, 0.25) is 0 Å². The maximum Gasteiger partial charge on any atom is 0.260 e. The van der Waals surface area contributed by atoms with E-state index in [1.54, 1.807) is 24.3 Å². The van der Waals surface area contributed by atoms with Crippen LogP contribution >= 0.6 is 0 Å². The molecule has 1 N–H and O–H groups in total. The summed E-state index contributed by atoms with van der Waals surface area (Å²) in [5.74, 6) is -2.61. The Hall–Kier alpha value is -2.48. The maximum atomic E-state index is 13.1. The Kier molecular flexibility index (Phi) is 7.29. The molecule has 0 aromatic heterocycles. The number of carbonyl (C=O) groups excluding carboxylic acids is 1. The van der Waals surface area contributed by atoms with Crippen LogP contribution < -0.4 is 10.1 Å². The molecule has 0 aliphatic rings. The lowest BCUT2D eigenvalue weighted by Gasteiger charge is -2.15. The minimum atomic E-state index is -3.27. The molecule has 0 radical (unpaired) electrons. The summed E-state index contributed by atoms with van der Waals surface area (Å²) < 4.78 is 55.4. The van der Waals surface area contributed by atoms with Crippen molar-refractivity contribution in [2.45, 2.75) is 25.2 Å². The van der Waals surface area contributed by atoms with E-state index >= 15 is 0 Å². The smallest absolute Gasteiger partial charge is 0.260 e. The van der Waals surface area contributed by atoms with Crippen LogP contribution in [0.4, 0.5) is 8.78 Å². The molecule has 146 valence electrons. The van der Waals surface area contributed by atoms with Crippen molar-refractivity contribution in [2.24, 2.45) is 0 Å². The third kappa shape index (κ3) is 6.97. The molecule has 0 aliphatic carbocycles. The van der Waals surface area contributed by atoms with Crippen LogP contribution in [0.2, 0.25) is 0 Å². The van der Waals surface area contributed by atoms with Crippen molar-refractivity contribution in [3.05, 3.63) is 65.7 Å². The van der Waals surface area contributed by atoms with Crippen LogP contribution in [0.15, 0.2) is 48.5 Å². The molecule has 27 heavy (non-hydrogen) atoms. The zero-order chi connectivity index (χ0) is 19.9. The largest absolute Gasteiger partial charge is 0.481 e. The zero-order valence-corrected chi connectivity index (χ0v) is 15.6. The Morgan fingerprint density at radius 1 is 1.11 bits per heavy atom.